The first kappa shape index (κ1) is 15.5. The second kappa shape index (κ2) is 5.81. The monoisotopic (exact) mass is 373 g/mol. The van der Waals surface area contributed by atoms with Crippen LogP contribution < -0.4 is 16.1 Å². The zero-order valence-electron chi connectivity index (χ0n) is 12.6. The van der Waals surface area contributed by atoms with Crippen LogP contribution in [0, 0.1) is 4.64 Å². The summed E-state index contributed by atoms with van der Waals surface area (Å²) in [6.45, 7) is 0. The molecule has 4 nitrogen and oxygen atoms in total. The van der Waals surface area contributed by atoms with E-state index >= 15 is 0 Å². The predicted octanol–water partition coefficient (Wildman–Crippen LogP) is 2.31. The minimum atomic E-state index is -0.226. The smallest absolute Gasteiger partial charge is 0.304 e. The third kappa shape index (κ3) is 2.56. The van der Waals surface area contributed by atoms with E-state index in [9.17, 15) is 4.79 Å². The fourth-order valence-electron chi connectivity index (χ4n) is 2.90. The maximum Gasteiger partial charge on any atom is 0.326 e. The molecule has 0 saturated heterocycles. The van der Waals surface area contributed by atoms with E-state index in [4.69, 9.17) is 23.8 Å². The summed E-state index contributed by atoms with van der Waals surface area (Å²) in [5, 5.41) is 4.80. The molecule has 24 heavy (non-hydrogen) atoms. The highest BCUT2D eigenvalue weighted by Gasteiger charge is 2.21. The van der Waals surface area contributed by atoms with Crippen LogP contribution in [0.25, 0.3) is 12.2 Å². The zero-order chi connectivity index (χ0) is 16.8. The van der Waals surface area contributed by atoms with Gasteiger partial charge in [0.1, 0.15) is 4.64 Å². The molecule has 0 radical (unpaired) electrons. The lowest BCUT2D eigenvalue weighted by Crippen LogP contribution is -2.25. The fraction of sp³-hybridized carbons (Fsp3) is 0.118. The van der Waals surface area contributed by atoms with Crippen LogP contribution in [0.3, 0.4) is 0 Å². The molecule has 1 aromatic carbocycles. The fourth-order valence-corrected chi connectivity index (χ4v) is 4.05. The van der Waals surface area contributed by atoms with Crippen molar-refractivity contribution in [2.24, 2.45) is 7.05 Å². The van der Waals surface area contributed by atoms with Crippen LogP contribution in [0.2, 0.25) is 5.02 Å². The van der Waals surface area contributed by atoms with E-state index in [2.05, 4.69) is 21.5 Å². The summed E-state index contributed by atoms with van der Waals surface area (Å²) in [5.74, 6) is -0.0923. The van der Waals surface area contributed by atoms with Gasteiger partial charge in [0.15, 0.2) is 0 Å². The Hall–Kier alpha value is -2.02. The van der Waals surface area contributed by atoms with Gasteiger partial charge in [-0.1, -0.05) is 36.0 Å². The average Bonchev–Trinajstić information content (AvgIpc) is 2.93. The van der Waals surface area contributed by atoms with Crippen LogP contribution in [0.15, 0.2) is 34.6 Å². The second-order valence-electron chi connectivity index (χ2n) is 5.67. The van der Waals surface area contributed by atoms with Crippen molar-refractivity contribution in [3.05, 3.63) is 77.2 Å². The van der Waals surface area contributed by atoms with Gasteiger partial charge in [-0.3, -0.25) is 4.98 Å². The number of H-pyrrole nitrogens is 1. The summed E-state index contributed by atoms with van der Waals surface area (Å²) in [5.41, 5.74) is 2.64. The third-order valence-electron chi connectivity index (χ3n) is 4.12. The number of fused-ring (bicyclic) bond motifs is 2. The number of benzene rings is 1. The number of aromatic amines is 1. The molecular formula is C17H12ClN3OS2. The molecule has 0 fully saturated rings. The van der Waals surface area contributed by atoms with Crippen molar-refractivity contribution in [2.45, 2.75) is 5.92 Å². The first-order valence-electron chi connectivity index (χ1n) is 7.26. The summed E-state index contributed by atoms with van der Waals surface area (Å²) in [7, 11) is 1.71. The summed E-state index contributed by atoms with van der Waals surface area (Å²) < 4.78 is 6.46. The number of hydrogen-bond acceptors (Lipinski definition) is 4. The topological polar surface area (TPSA) is 50.7 Å². The first-order valence-corrected chi connectivity index (χ1v) is 8.88. The Labute approximate surface area is 151 Å². The Kier molecular flexibility index (Phi) is 3.75. The molecule has 1 atom stereocenters. The molecule has 120 valence electrons. The van der Waals surface area contributed by atoms with Gasteiger partial charge in [-0.05, 0) is 40.2 Å². The van der Waals surface area contributed by atoms with Crippen molar-refractivity contribution >= 4 is 47.5 Å². The highest BCUT2D eigenvalue weighted by Crippen LogP contribution is 2.31. The molecule has 7 heteroatoms. The van der Waals surface area contributed by atoms with E-state index in [-0.39, 0.29) is 11.6 Å². The number of halogens is 1. The van der Waals surface area contributed by atoms with Gasteiger partial charge in [-0.25, -0.2) is 4.79 Å². The highest BCUT2D eigenvalue weighted by molar-refractivity contribution is 7.71. The molecular weight excluding hydrogens is 362 g/mol. The molecule has 2 heterocycles. The Morgan fingerprint density at radius 1 is 1.33 bits per heavy atom. The van der Waals surface area contributed by atoms with E-state index < -0.39 is 0 Å². The van der Waals surface area contributed by atoms with Crippen molar-refractivity contribution in [1.82, 2.24) is 13.9 Å². The molecule has 3 aromatic rings. The first-order chi connectivity index (χ1) is 11.5. The van der Waals surface area contributed by atoms with Gasteiger partial charge in [0.2, 0.25) is 0 Å². The molecule has 2 aromatic heterocycles. The van der Waals surface area contributed by atoms with E-state index in [0.717, 1.165) is 27.3 Å². The van der Waals surface area contributed by atoms with E-state index in [1.807, 2.05) is 23.6 Å². The molecule has 0 spiro atoms. The number of nitrogens with one attached hydrogen (secondary N) is 1. The molecule has 1 N–H and O–H groups in total. The maximum atomic E-state index is 11.8. The van der Waals surface area contributed by atoms with Crippen LogP contribution >= 0.6 is 35.4 Å². The number of aromatic nitrogens is 3. The van der Waals surface area contributed by atoms with Gasteiger partial charge >= 0.3 is 5.69 Å². The van der Waals surface area contributed by atoms with Crippen molar-refractivity contribution in [1.29, 1.82) is 0 Å². The van der Waals surface area contributed by atoms with Crippen LogP contribution in [0.5, 0.6) is 0 Å². The van der Waals surface area contributed by atoms with Gasteiger partial charge in [-0.2, -0.15) is 4.37 Å². The minimum absolute atomic E-state index is 0.0923. The lowest BCUT2D eigenvalue weighted by Gasteiger charge is -2.13. The summed E-state index contributed by atoms with van der Waals surface area (Å²) in [6, 6.07) is 5.79. The van der Waals surface area contributed by atoms with Gasteiger partial charge in [0.25, 0.3) is 0 Å². The Morgan fingerprint density at radius 3 is 3.00 bits per heavy atom. The zero-order valence-corrected chi connectivity index (χ0v) is 15.0. The molecule has 0 amide bonds. The summed E-state index contributed by atoms with van der Waals surface area (Å²) >= 11 is 13.0. The molecule has 4 rings (SSSR count). The van der Waals surface area contributed by atoms with Crippen molar-refractivity contribution in [3.8, 4) is 0 Å². The van der Waals surface area contributed by atoms with Gasteiger partial charge in [0.05, 0.1) is 5.69 Å². The lowest BCUT2D eigenvalue weighted by atomic mass is 9.93. The van der Waals surface area contributed by atoms with Crippen molar-refractivity contribution in [2.75, 3.05) is 0 Å². The van der Waals surface area contributed by atoms with Gasteiger partial charge in [0, 0.05) is 40.7 Å². The van der Waals surface area contributed by atoms with Crippen LogP contribution in [-0.2, 0) is 7.05 Å². The normalized spacial score (nSPS) is 15.7. The minimum Gasteiger partial charge on any atom is -0.304 e. The largest absolute Gasteiger partial charge is 0.326 e. The number of nitrogens with zero attached hydrogens (tertiary/aromatic N) is 2. The van der Waals surface area contributed by atoms with Crippen LogP contribution in [0.1, 0.15) is 22.7 Å². The number of aryl methyl sites for hydroxylation is 1. The Morgan fingerprint density at radius 2 is 2.17 bits per heavy atom. The molecule has 1 unspecified atom stereocenters. The van der Waals surface area contributed by atoms with E-state index in [1.54, 1.807) is 13.2 Å². The quantitative estimate of drug-likeness (QED) is 0.666. The van der Waals surface area contributed by atoms with Crippen LogP contribution in [0.4, 0.5) is 0 Å². The number of hydrogen-bond donors (Lipinski definition) is 1. The SMILES string of the molecule is Cn1cc(C2C=c3cc(Cl)ccc3=Cc3nscc32)c(=S)[nH]c1=O. The standard InChI is InChI=1S/C17H12ClN3OS2/c1-21-7-13(16(23)19-17(21)22)12-5-10-4-11(18)3-2-9(10)6-15-14(12)8-24-20-15/h2-8,12H,1H3,(H,19,22,23). The van der Waals surface area contributed by atoms with Gasteiger partial charge < -0.3 is 4.57 Å². The molecule has 0 aliphatic heterocycles. The highest BCUT2D eigenvalue weighted by atomic mass is 35.5. The Bertz CT molecular complexity index is 1190. The summed E-state index contributed by atoms with van der Waals surface area (Å²) in [4.78, 5) is 14.5. The molecule has 1 aliphatic rings. The second-order valence-corrected chi connectivity index (χ2v) is 7.15. The number of rotatable bonds is 1. The van der Waals surface area contributed by atoms with Crippen LogP contribution in [-0.4, -0.2) is 13.9 Å². The summed E-state index contributed by atoms with van der Waals surface area (Å²) in [6.07, 6.45) is 5.98. The molecule has 1 aliphatic carbocycles. The predicted molar refractivity (Wildman–Crippen MR) is 99.6 cm³/mol. The average molecular weight is 374 g/mol. The Balaban J connectivity index is 2.07. The lowest BCUT2D eigenvalue weighted by molar-refractivity contribution is 0.783. The van der Waals surface area contributed by atoms with Gasteiger partial charge in [-0.15, -0.1) is 0 Å². The van der Waals surface area contributed by atoms with E-state index in [1.165, 1.54) is 16.1 Å². The van der Waals surface area contributed by atoms with Crippen molar-refractivity contribution < 1.29 is 0 Å². The molecule has 0 bridgehead atoms. The molecule has 0 saturated carbocycles. The maximum absolute atomic E-state index is 11.8. The van der Waals surface area contributed by atoms with E-state index in [0.29, 0.717) is 9.66 Å². The third-order valence-corrected chi connectivity index (χ3v) is 5.35. The van der Waals surface area contributed by atoms with Crippen molar-refractivity contribution in [3.63, 3.8) is 0 Å².